The highest BCUT2D eigenvalue weighted by molar-refractivity contribution is 6.07. The monoisotopic (exact) mass is 390 g/mol. The summed E-state index contributed by atoms with van der Waals surface area (Å²) >= 11 is 0. The van der Waals surface area contributed by atoms with Gasteiger partial charge in [0.15, 0.2) is 0 Å². The van der Waals surface area contributed by atoms with Crippen LogP contribution in [0.4, 0.5) is 5.69 Å². The number of esters is 2. The van der Waals surface area contributed by atoms with Gasteiger partial charge in [-0.1, -0.05) is 12.1 Å². The summed E-state index contributed by atoms with van der Waals surface area (Å²) in [7, 11) is 2.49. The first-order valence-corrected chi connectivity index (χ1v) is 8.43. The quantitative estimate of drug-likeness (QED) is 0.609. The second kappa shape index (κ2) is 9.16. The number of benzene rings is 1. The Morgan fingerprint density at radius 2 is 1.59 bits per heavy atom. The van der Waals surface area contributed by atoms with Crippen LogP contribution in [0, 0.1) is 36.5 Å². The molecule has 0 saturated heterocycles. The molecule has 1 aromatic carbocycles. The number of allylic oxidation sites excluding steroid dienone is 1. The van der Waals surface area contributed by atoms with E-state index in [0.29, 0.717) is 28.2 Å². The van der Waals surface area contributed by atoms with Crippen LogP contribution in [0.2, 0.25) is 0 Å². The van der Waals surface area contributed by atoms with Gasteiger partial charge in [0.2, 0.25) is 0 Å². The summed E-state index contributed by atoms with van der Waals surface area (Å²) in [4.78, 5) is 29.2. The molecule has 2 rings (SSSR count). The molecule has 0 saturated carbocycles. The number of anilines is 1. The average Bonchev–Trinajstić information content (AvgIpc) is 2.73. The Hall–Kier alpha value is -4.17. The Labute approximate surface area is 168 Å². The standard InChI is InChI=1S/C21H18N4O4/c1-12-17(20(26)28-3)19(18(13(2)25-12)21(27)29-4)15-6-5-7-16(8-15)24-11-14(9-22)10-23/h5-8,11,24H,1-4H3. The smallest absolute Gasteiger partial charge is 0.340 e. The zero-order valence-corrected chi connectivity index (χ0v) is 16.4. The molecule has 0 bridgehead atoms. The predicted molar refractivity (Wildman–Crippen MR) is 105 cm³/mol. The van der Waals surface area contributed by atoms with Gasteiger partial charge >= 0.3 is 11.9 Å². The van der Waals surface area contributed by atoms with E-state index < -0.39 is 11.9 Å². The molecular weight excluding hydrogens is 372 g/mol. The predicted octanol–water partition coefficient (Wildman–Crippen LogP) is 3.28. The highest BCUT2D eigenvalue weighted by Crippen LogP contribution is 2.33. The number of pyridine rings is 1. The van der Waals surface area contributed by atoms with Crippen molar-refractivity contribution in [2.24, 2.45) is 0 Å². The van der Waals surface area contributed by atoms with Gasteiger partial charge in [-0.2, -0.15) is 10.5 Å². The van der Waals surface area contributed by atoms with E-state index in [1.54, 1.807) is 50.3 Å². The zero-order chi connectivity index (χ0) is 21.6. The van der Waals surface area contributed by atoms with Crippen molar-refractivity contribution in [1.82, 2.24) is 4.98 Å². The van der Waals surface area contributed by atoms with Crippen LogP contribution in [-0.2, 0) is 9.47 Å². The van der Waals surface area contributed by atoms with Crippen molar-refractivity contribution in [2.75, 3.05) is 19.5 Å². The normalized spacial score (nSPS) is 9.59. The van der Waals surface area contributed by atoms with Gasteiger partial charge in [-0.25, -0.2) is 9.59 Å². The van der Waals surface area contributed by atoms with Gasteiger partial charge in [-0.05, 0) is 31.5 Å². The zero-order valence-electron chi connectivity index (χ0n) is 16.4. The molecule has 8 nitrogen and oxygen atoms in total. The van der Waals surface area contributed by atoms with E-state index in [1.165, 1.54) is 20.4 Å². The third-order valence-corrected chi connectivity index (χ3v) is 4.11. The number of aryl methyl sites for hydroxylation is 2. The van der Waals surface area contributed by atoms with Crippen LogP contribution in [0.25, 0.3) is 11.1 Å². The van der Waals surface area contributed by atoms with E-state index in [-0.39, 0.29) is 16.7 Å². The van der Waals surface area contributed by atoms with Gasteiger partial charge in [0.1, 0.15) is 17.7 Å². The van der Waals surface area contributed by atoms with Crippen molar-refractivity contribution in [2.45, 2.75) is 13.8 Å². The number of nitriles is 2. The molecule has 0 aliphatic rings. The van der Waals surface area contributed by atoms with Crippen molar-refractivity contribution in [3.63, 3.8) is 0 Å². The summed E-state index contributed by atoms with van der Waals surface area (Å²) in [6, 6.07) is 10.3. The van der Waals surface area contributed by atoms with Crippen molar-refractivity contribution < 1.29 is 19.1 Å². The summed E-state index contributed by atoms with van der Waals surface area (Å²) in [6.45, 7) is 3.31. The number of rotatable bonds is 5. The molecule has 2 aromatic rings. The lowest BCUT2D eigenvalue weighted by Crippen LogP contribution is -2.16. The molecule has 1 aromatic heterocycles. The van der Waals surface area contributed by atoms with Crippen molar-refractivity contribution in [3.05, 3.63) is 58.6 Å². The van der Waals surface area contributed by atoms with Crippen LogP contribution in [0.3, 0.4) is 0 Å². The van der Waals surface area contributed by atoms with Gasteiger partial charge in [0.25, 0.3) is 0 Å². The molecule has 1 N–H and O–H groups in total. The first kappa shape index (κ1) is 21.1. The van der Waals surface area contributed by atoms with E-state index in [1.807, 2.05) is 0 Å². The fourth-order valence-electron chi connectivity index (χ4n) is 2.85. The Balaban J connectivity index is 2.76. The average molecular weight is 390 g/mol. The van der Waals surface area contributed by atoms with Gasteiger partial charge in [-0.15, -0.1) is 0 Å². The minimum absolute atomic E-state index is 0.100. The van der Waals surface area contributed by atoms with Crippen LogP contribution in [0.1, 0.15) is 32.1 Å². The lowest BCUT2D eigenvalue weighted by Gasteiger charge is -2.17. The number of hydrogen-bond donors (Lipinski definition) is 1. The first-order valence-electron chi connectivity index (χ1n) is 8.43. The summed E-state index contributed by atoms with van der Waals surface area (Å²) in [5.41, 5.74) is 2.44. The molecule has 1 heterocycles. The molecular formula is C21H18N4O4. The first-order chi connectivity index (χ1) is 13.9. The minimum Gasteiger partial charge on any atom is -0.465 e. The Morgan fingerprint density at radius 3 is 2.07 bits per heavy atom. The van der Waals surface area contributed by atoms with Gasteiger partial charge in [-0.3, -0.25) is 4.98 Å². The van der Waals surface area contributed by atoms with E-state index in [0.717, 1.165) is 0 Å². The van der Waals surface area contributed by atoms with Crippen LogP contribution in [-0.4, -0.2) is 31.1 Å². The Kier molecular flexibility index (Phi) is 6.67. The van der Waals surface area contributed by atoms with Crippen LogP contribution >= 0.6 is 0 Å². The van der Waals surface area contributed by atoms with E-state index >= 15 is 0 Å². The van der Waals surface area contributed by atoms with E-state index in [4.69, 9.17) is 20.0 Å². The second-order valence-corrected chi connectivity index (χ2v) is 5.90. The summed E-state index contributed by atoms with van der Waals surface area (Å²) < 4.78 is 9.80. The SMILES string of the molecule is COC(=O)c1c(C)nc(C)c(C(=O)OC)c1-c1cccc(NC=C(C#N)C#N)c1. The molecule has 0 atom stereocenters. The fraction of sp³-hybridized carbons (Fsp3) is 0.190. The lowest BCUT2D eigenvalue weighted by atomic mass is 9.92. The lowest BCUT2D eigenvalue weighted by molar-refractivity contribution is 0.0599. The number of ether oxygens (including phenoxy) is 2. The third-order valence-electron chi connectivity index (χ3n) is 4.11. The maximum atomic E-state index is 12.5. The number of nitrogens with zero attached hydrogens (tertiary/aromatic N) is 3. The number of methoxy groups -OCH3 is 2. The Bertz CT molecular complexity index is 1030. The fourth-order valence-corrected chi connectivity index (χ4v) is 2.85. The molecule has 0 aliphatic carbocycles. The van der Waals surface area contributed by atoms with Gasteiger partial charge in [0, 0.05) is 17.5 Å². The molecule has 0 radical (unpaired) electrons. The largest absolute Gasteiger partial charge is 0.465 e. The molecule has 29 heavy (non-hydrogen) atoms. The molecule has 0 unspecified atom stereocenters. The molecule has 0 amide bonds. The summed E-state index contributed by atoms with van der Waals surface area (Å²) in [5.74, 6) is -1.27. The van der Waals surface area contributed by atoms with Crippen LogP contribution in [0.15, 0.2) is 36.0 Å². The van der Waals surface area contributed by atoms with Crippen molar-refractivity contribution in [1.29, 1.82) is 10.5 Å². The van der Waals surface area contributed by atoms with E-state index in [9.17, 15) is 9.59 Å². The summed E-state index contributed by atoms with van der Waals surface area (Å²) in [5, 5.41) is 20.6. The summed E-state index contributed by atoms with van der Waals surface area (Å²) in [6.07, 6.45) is 1.27. The maximum absolute atomic E-state index is 12.5. The number of nitrogens with one attached hydrogen (secondary N) is 1. The van der Waals surface area contributed by atoms with Gasteiger partial charge < -0.3 is 14.8 Å². The number of carbonyl (C=O) groups is 2. The molecule has 0 fully saturated rings. The maximum Gasteiger partial charge on any atom is 0.340 e. The number of aromatic nitrogens is 1. The van der Waals surface area contributed by atoms with Crippen LogP contribution in [0.5, 0.6) is 0 Å². The van der Waals surface area contributed by atoms with Crippen LogP contribution < -0.4 is 5.32 Å². The molecule has 0 aliphatic heterocycles. The molecule has 146 valence electrons. The topological polar surface area (TPSA) is 125 Å². The van der Waals surface area contributed by atoms with Gasteiger partial charge in [0.05, 0.1) is 36.7 Å². The Morgan fingerprint density at radius 1 is 1.03 bits per heavy atom. The number of hydrogen-bond acceptors (Lipinski definition) is 8. The van der Waals surface area contributed by atoms with E-state index in [2.05, 4.69) is 10.3 Å². The van der Waals surface area contributed by atoms with Crippen molar-refractivity contribution in [3.8, 4) is 23.3 Å². The minimum atomic E-state index is -0.635. The highest BCUT2D eigenvalue weighted by Gasteiger charge is 2.27. The third kappa shape index (κ3) is 4.40. The number of carbonyl (C=O) groups excluding carboxylic acids is 2. The second-order valence-electron chi connectivity index (χ2n) is 5.90. The highest BCUT2D eigenvalue weighted by atomic mass is 16.5. The van der Waals surface area contributed by atoms with Crippen molar-refractivity contribution >= 4 is 17.6 Å². The molecule has 0 spiro atoms. The molecule has 8 heteroatoms.